The largest absolute Gasteiger partial charge is 0.332 e. The van der Waals surface area contributed by atoms with E-state index in [2.05, 4.69) is 52.5 Å². The Morgan fingerprint density at radius 1 is 0.889 bits per heavy atom. The second-order valence-electron chi connectivity index (χ2n) is 6.44. The predicted molar refractivity (Wildman–Crippen MR) is 116 cm³/mol. The number of thiocarbonyl (C=S) groups is 1. The summed E-state index contributed by atoms with van der Waals surface area (Å²) >= 11 is 5.50. The molecule has 0 bridgehead atoms. The smallest absolute Gasteiger partial charge is 0.210 e. The lowest BCUT2D eigenvalue weighted by Crippen LogP contribution is -2.21. The van der Waals surface area contributed by atoms with Crippen LogP contribution in [0.4, 0.5) is 11.6 Å². The molecule has 0 aliphatic rings. The van der Waals surface area contributed by atoms with Crippen molar-refractivity contribution in [2.24, 2.45) is 0 Å². The molecule has 0 spiro atoms. The number of para-hydroxylation sites is 2. The van der Waals surface area contributed by atoms with Crippen LogP contribution in [0.5, 0.6) is 0 Å². The number of hydrogen-bond acceptors (Lipinski definition) is 2. The highest BCUT2D eigenvalue weighted by Gasteiger charge is 2.12. The lowest BCUT2D eigenvalue weighted by Gasteiger charge is -2.13. The third-order valence-corrected chi connectivity index (χ3v) is 4.58. The number of imidazole rings is 1. The number of benzene rings is 3. The summed E-state index contributed by atoms with van der Waals surface area (Å²) in [4.78, 5) is 4.73. The van der Waals surface area contributed by atoms with Crippen molar-refractivity contribution < 1.29 is 0 Å². The molecule has 0 atom stereocenters. The Bertz CT molecular complexity index is 1070. The van der Waals surface area contributed by atoms with Crippen LogP contribution in [-0.2, 0) is 6.54 Å². The fourth-order valence-electron chi connectivity index (χ4n) is 3.00. The summed E-state index contributed by atoms with van der Waals surface area (Å²) < 4.78 is 2.15. The molecule has 3 aromatic carbocycles. The molecule has 0 amide bonds. The fourth-order valence-corrected chi connectivity index (χ4v) is 3.21. The zero-order valence-electron chi connectivity index (χ0n) is 15.0. The number of nitrogens with one attached hydrogen (secondary N) is 2. The van der Waals surface area contributed by atoms with E-state index in [1.165, 1.54) is 11.1 Å². The summed E-state index contributed by atoms with van der Waals surface area (Å²) in [5, 5.41) is 6.99. The normalized spacial score (nSPS) is 10.7. The molecule has 0 aliphatic carbocycles. The first-order valence-corrected chi connectivity index (χ1v) is 9.24. The average Bonchev–Trinajstić information content (AvgIpc) is 3.01. The number of hydrogen-bond donors (Lipinski definition) is 2. The zero-order valence-corrected chi connectivity index (χ0v) is 15.8. The van der Waals surface area contributed by atoms with Gasteiger partial charge in [-0.15, -0.1) is 0 Å². The maximum atomic E-state index is 5.50. The van der Waals surface area contributed by atoms with Gasteiger partial charge in [0.25, 0.3) is 0 Å². The van der Waals surface area contributed by atoms with Crippen LogP contribution in [0, 0.1) is 6.92 Å². The first-order valence-electron chi connectivity index (χ1n) is 8.83. The zero-order chi connectivity index (χ0) is 18.6. The summed E-state index contributed by atoms with van der Waals surface area (Å²) in [6.07, 6.45) is 0. The van der Waals surface area contributed by atoms with E-state index >= 15 is 0 Å². The van der Waals surface area contributed by atoms with Crippen molar-refractivity contribution in [1.82, 2.24) is 9.55 Å². The third kappa shape index (κ3) is 3.99. The van der Waals surface area contributed by atoms with Gasteiger partial charge in [-0.3, -0.25) is 0 Å². The van der Waals surface area contributed by atoms with Crippen molar-refractivity contribution in [2.75, 3.05) is 10.6 Å². The molecule has 134 valence electrons. The quantitative estimate of drug-likeness (QED) is 0.483. The summed E-state index contributed by atoms with van der Waals surface area (Å²) in [5.74, 6) is 0.727. The van der Waals surface area contributed by atoms with Crippen molar-refractivity contribution >= 4 is 40.0 Å². The molecular formula is C22H20N4S. The summed E-state index contributed by atoms with van der Waals surface area (Å²) in [6, 6.07) is 26.6. The number of fused-ring (bicyclic) bond motifs is 1. The van der Waals surface area contributed by atoms with Crippen molar-refractivity contribution in [3.63, 3.8) is 0 Å². The van der Waals surface area contributed by atoms with Crippen LogP contribution < -0.4 is 10.6 Å². The highest BCUT2D eigenvalue weighted by Crippen LogP contribution is 2.21. The predicted octanol–water partition coefficient (Wildman–Crippen LogP) is 5.20. The Kier molecular flexibility index (Phi) is 4.85. The van der Waals surface area contributed by atoms with Crippen LogP contribution in [0.25, 0.3) is 11.0 Å². The van der Waals surface area contributed by atoms with Gasteiger partial charge in [0.1, 0.15) is 0 Å². The van der Waals surface area contributed by atoms with Gasteiger partial charge in [-0.2, -0.15) is 0 Å². The third-order valence-electron chi connectivity index (χ3n) is 4.37. The van der Waals surface area contributed by atoms with E-state index in [1.807, 2.05) is 48.5 Å². The number of nitrogens with zero attached hydrogens (tertiary/aromatic N) is 2. The molecule has 0 saturated heterocycles. The van der Waals surface area contributed by atoms with Gasteiger partial charge in [-0.25, -0.2) is 4.98 Å². The molecular weight excluding hydrogens is 352 g/mol. The Morgan fingerprint density at radius 3 is 2.37 bits per heavy atom. The lowest BCUT2D eigenvalue weighted by molar-refractivity contribution is 0.837. The van der Waals surface area contributed by atoms with Crippen molar-refractivity contribution in [1.29, 1.82) is 0 Å². The highest BCUT2D eigenvalue weighted by molar-refractivity contribution is 7.80. The van der Waals surface area contributed by atoms with E-state index in [9.17, 15) is 0 Å². The minimum atomic E-state index is 0.517. The number of aromatic nitrogens is 2. The topological polar surface area (TPSA) is 41.9 Å². The summed E-state index contributed by atoms with van der Waals surface area (Å²) in [5.41, 5.74) is 5.38. The van der Waals surface area contributed by atoms with Crippen LogP contribution in [0.15, 0.2) is 78.9 Å². The van der Waals surface area contributed by atoms with Gasteiger partial charge in [0.05, 0.1) is 17.6 Å². The van der Waals surface area contributed by atoms with Crippen molar-refractivity contribution in [3.8, 4) is 0 Å². The molecule has 0 unspecified atom stereocenters. The molecule has 4 rings (SSSR count). The number of anilines is 2. The fraction of sp³-hybridized carbons (Fsp3) is 0.0909. The highest BCUT2D eigenvalue weighted by atomic mass is 32.1. The van der Waals surface area contributed by atoms with Gasteiger partial charge < -0.3 is 15.2 Å². The second-order valence-corrected chi connectivity index (χ2v) is 6.85. The second kappa shape index (κ2) is 7.60. The monoisotopic (exact) mass is 372 g/mol. The SMILES string of the molecule is Cc1ccc(NC(=S)Nc2nc3ccccc3n2Cc2ccccc2)cc1. The van der Waals surface area contributed by atoms with Gasteiger partial charge in [-0.05, 0) is 49.0 Å². The molecule has 0 radical (unpaired) electrons. The van der Waals surface area contributed by atoms with Crippen LogP contribution in [0.2, 0.25) is 0 Å². The van der Waals surface area contributed by atoms with Gasteiger partial charge >= 0.3 is 0 Å². The number of aryl methyl sites for hydroxylation is 1. The van der Waals surface area contributed by atoms with Crippen LogP contribution in [0.3, 0.4) is 0 Å². The molecule has 5 heteroatoms. The van der Waals surface area contributed by atoms with E-state index in [4.69, 9.17) is 17.2 Å². The molecule has 4 nitrogen and oxygen atoms in total. The molecule has 2 N–H and O–H groups in total. The van der Waals surface area contributed by atoms with Crippen LogP contribution in [-0.4, -0.2) is 14.7 Å². The molecule has 0 aliphatic heterocycles. The van der Waals surface area contributed by atoms with E-state index < -0.39 is 0 Å². The van der Waals surface area contributed by atoms with Crippen LogP contribution >= 0.6 is 12.2 Å². The summed E-state index contributed by atoms with van der Waals surface area (Å²) in [6.45, 7) is 2.78. The standard InChI is InChI=1S/C22H20N4S/c1-16-11-13-18(14-12-16)23-22(27)25-21-24-19-9-5-6-10-20(19)26(21)15-17-7-3-2-4-8-17/h2-14H,15H2,1H3,(H2,23,24,25,27). The summed E-state index contributed by atoms with van der Waals surface area (Å²) in [7, 11) is 0. The first-order chi connectivity index (χ1) is 13.2. The Labute approximate surface area is 163 Å². The maximum Gasteiger partial charge on any atom is 0.210 e. The molecule has 1 heterocycles. The number of rotatable bonds is 4. The van der Waals surface area contributed by atoms with Gasteiger partial charge in [-0.1, -0.05) is 60.2 Å². The van der Waals surface area contributed by atoms with E-state index in [-0.39, 0.29) is 0 Å². The van der Waals surface area contributed by atoms with Crippen molar-refractivity contribution in [3.05, 3.63) is 90.0 Å². The van der Waals surface area contributed by atoms with Crippen molar-refractivity contribution in [2.45, 2.75) is 13.5 Å². The lowest BCUT2D eigenvalue weighted by atomic mass is 10.2. The minimum absolute atomic E-state index is 0.517. The molecule has 1 aromatic heterocycles. The minimum Gasteiger partial charge on any atom is -0.332 e. The average molecular weight is 372 g/mol. The Balaban J connectivity index is 1.61. The van der Waals surface area contributed by atoms with E-state index in [1.54, 1.807) is 0 Å². The van der Waals surface area contributed by atoms with E-state index in [0.717, 1.165) is 29.2 Å². The van der Waals surface area contributed by atoms with Crippen LogP contribution in [0.1, 0.15) is 11.1 Å². The van der Waals surface area contributed by atoms with E-state index in [0.29, 0.717) is 5.11 Å². The molecule has 27 heavy (non-hydrogen) atoms. The first kappa shape index (κ1) is 17.2. The molecule has 4 aromatic rings. The molecule has 0 fully saturated rings. The van der Waals surface area contributed by atoms with Gasteiger partial charge in [0.15, 0.2) is 5.11 Å². The van der Waals surface area contributed by atoms with Gasteiger partial charge in [0.2, 0.25) is 5.95 Å². The molecule has 0 saturated carbocycles. The maximum absolute atomic E-state index is 5.50. The van der Waals surface area contributed by atoms with Gasteiger partial charge in [0, 0.05) is 5.69 Å². The Hall–Kier alpha value is -3.18. The Morgan fingerprint density at radius 2 is 1.59 bits per heavy atom.